The average Bonchev–Trinajstić information content (AvgIpc) is 2.24. The minimum absolute atomic E-state index is 0.257. The molecule has 18 heavy (non-hydrogen) atoms. The lowest BCUT2D eigenvalue weighted by Crippen LogP contribution is -2.16. The number of benzene rings is 1. The first-order valence-corrected chi connectivity index (χ1v) is 5.09. The van der Waals surface area contributed by atoms with Gasteiger partial charge in [-0.25, -0.2) is 0 Å². The van der Waals surface area contributed by atoms with E-state index in [1.54, 1.807) is 0 Å². The van der Waals surface area contributed by atoms with Gasteiger partial charge in [-0.15, -0.1) is 0 Å². The Morgan fingerprint density at radius 1 is 0.944 bits per heavy atom. The van der Waals surface area contributed by atoms with Crippen LogP contribution in [0.15, 0.2) is 24.3 Å². The summed E-state index contributed by atoms with van der Waals surface area (Å²) in [5, 5.41) is 0. The lowest BCUT2D eigenvalue weighted by atomic mass is 10.0. The van der Waals surface area contributed by atoms with E-state index in [-0.39, 0.29) is 12.0 Å². The number of halogens is 6. The maximum atomic E-state index is 12.2. The fourth-order valence-corrected chi connectivity index (χ4v) is 1.41. The van der Waals surface area contributed by atoms with Crippen molar-refractivity contribution < 1.29 is 26.3 Å². The molecular formula is C11H11F6N. The molecule has 0 amide bonds. The first kappa shape index (κ1) is 14.8. The molecule has 2 N–H and O–H groups in total. The molecule has 0 aliphatic heterocycles. The minimum atomic E-state index is -4.46. The Balaban J connectivity index is 2.68. The van der Waals surface area contributed by atoms with Gasteiger partial charge in [0.05, 0.1) is 5.56 Å². The van der Waals surface area contributed by atoms with Crippen LogP contribution in [0.2, 0.25) is 0 Å². The third kappa shape index (κ3) is 4.56. The standard InChI is InChI=1S/C11H11F6N/c12-10(13,14)6-5-9(18)7-1-3-8(4-2-7)11(15,16)17/h1-4,9H,5-6,18H2. The largest absolute Gasteiger partial charge is 0.416 e. The second-order valence-electron chi connectivity index (χ2n) is 3.88. The van der Waals surface area contributed by atoms with Crippen molar-refractivity contribution in [3.05, 3.63) is 35.4 Å². The minimum Gasteiger partial charge on any atom is -0.324 e. The van der Waals surface area contributed by atoms with Crippen molar-refractivity contribution in [1.82, 2.24) is 0 Å². The topological polar surface area (TPSA) is 26.0 Å². The van der Waals surface area contributed by atoms with Gasteiger partial charge in [-0.1, -0.05) is 12.1 Å². The van der Waals surface area contributed by atoms with Crippen molar-refractivity contribution in [2.24, 2.45) is 5.73 Å². The van der Waals surface area contributed by atoms with E-state index in [9.17, 15) is 26.3 Å². The lowest BCUT2D eigenvalue weighted by Gasteiger charge is -2.14. The quantitative estimate of drug-likeness (QED) is 0.825. The summed E-state index contributed by atoms with van der Waals surface area (Å²) in [6.45, 7) is 0. The highest BCUT2D eigenvalue weighted by atomic mass is 19.4. The van der Waals surface area contributed by atoms with Gasteiger partial charge in [0.25, 0.3) is 0 Å². The number of nitrogens with two attached hydrogens (primary N) is 1. The third-order valence-corrected chi connectivity index (χ3v) is 2.40. The van der Waals surface area contributed by atoms with Crippen LogP contribution in [-0.2, 0) is 6.18 Å². The van der Waals surface area contributed by atoms with Crippen LogP contribution in [0.3, 0.4) is 0 Å². The molecule has 102 valence electrons. The van der Waals surface area contributed by atoms with Crippen molar-refractivity contribution in [1.29, 1.82) is 0 Å². The predicted molar refractivity (Wildman–Crippen MR) is 53.7 cm³/mol. The van der Waals surface area contributed by atoms with E-state index >= 15 is 0 Å². The van der Waals surface area contributed by atoms with Crippen molar-refractivity contribution in [2.45, 2.75) is 31.2 Å². The molecule has 0 saturated carbocycles. The van der Waals surface area contributed by atoms with Gasteiger partial charge >= 0.3 is 12.4 Å². The fourth-order valence-electron chi connectivity index (χ4n) is 1.41. The summed E-state index contributed by atoms with van der Waals surface area (Å²) >= 11 is 0. The first-order valence-electron chi connectivity index (χ1n) is 5.09. The van der Waals surface area contributed by atoms with Gasteiger partial charge in [0.15, 0.2) is 0 Å². The summed E-state index contributed by atoms with van der Waals surface area (Å²) in [4.78, 5) is 0. The van der Waals surface area contributed by atoms with Crippen LogP contribution in [-0.4, -0.2) is 6.18 Å². The van der Waals surface area contributed by atoms with Crippen molar-refractivity contribution in [2.75, 3.05) is 0 Å². The fraction of sp³-hybridized carbons (Fsp3) is 0.455. The van der Waals surface area contributed by atoms with Gasteiger partial charge in [0.1, 0.15) is 0 Å². The zero-order chi connectivity index (χ0) is 14.0. The van der Waals surface area contributed by atoms with Crippen molar-refractivity contribution in [3.63, 3.8) is 0 Å². The van der Waals surface area contributed by atoms with Crippen molar-refractivity contribution in [3.8, 4) is 0 Å². The lowest BCUT2D eigenvalue weighted by molar-refractivity contribution is -0.137. The number of hydrogen-bond donors (Lipinski definition) is 1. The Morgan fingerprint density at radius 2 is 1.44 bits per heavy atom. The molecule has 0 fully saturated rings. The Hall–Kier alpha value is -1.24. The van der Waals surface area contributed by atoms with Crippen LogP contribution in [0.1, 0.15) is 30.0 Å². The van der Waals surface area contributed by atoms with Gasteiger partial charge in [0.2, 0.25) is 0 Å². The van der Waals surface area contributed by atoms with Gasteiger partial charge in [0, 0.05) is 12.5 Å². The maximum Gasteiger partial charge on any atom is 0.416 e. The summed E-state index contributed by atoms with van der Waals surface area (Å²) in [6.07, 6.45) is -10.2. The van der Waals surface area contributed by atoms with Gasteiger partial charge < -0.3 is 5.73 Å². The Morgan fingerprint density at radius 3 is 1.83 bits per heavy atom. The SMILES string of the molecule is NC(CCC(F)(F)F)c1ccc(C(F)(F)F)cc1. The normalized spacial score (nSPS) is 14.6. The zero-order valence-corrected chi connectivity index (χ0v) is 9.15. The van der Waals surface area contributed by atoms with Gasteiger partial charge in [-0.3, -0.25) is 0 Å². The summed E-state index contributed by atoms with van der Waals surface area (Å²) in [5.74, 6) is 0. The second-order valence-corrected chi connectivity index (χ2v) is 3.88. The third-order valence-electron chi connectivity index (χ3n) is 2.40. The molecule has 0 aromatic heterocycles. The molecule has 0 aliphatic carbocycles. The van der Waals surface area contributed by atoms with Crippen LogP contribution in [0.5, 0.6) is 0 Å². The molecule has 1 aromatic rings. The van der Waals surface area contributed by atoms with Crippen molar-refractivity contribution >= 4 is 0 Å². The molecule has 0 spiro atoms. The molecule has 7 heteroatoms. The highest BCUT2D eigenvalue weighted by Gasteiger charge is 2.31. The van der Waals surface area contributed by atoms with Crippen LogP contribution in [0.4, 0.5) is 26.3 Å². The summed E-state index contributed by atoms with van der Waals surface area (Å²) in [6, 6.07) is 2.90. The Labute approximate surface area is 99.6 Å². The highest BCUT2D eigenvalue weighted by molar-refractivity contribution is 5.26. The number of alkyl halides is 6. The van der Waals surface area contributed by atoms with E-state index < -0.39 is 30.4 Å². The summed E-state index contributed by atoms with van der Waals surface area (Å²) in [5.41, 5.74) is 4.88. The zero-order valence-electron chi connectivity index (χ0n) is 9.15. The summed E-state index contributed by atoms with van der Waals surface area (Å²) in [7, 11) is 0. The Bertz CT molecular complexity index is 378. The molecule has 1 aromatic carbocycles. The molecule has 0 heterocycles. The van der Waals surface area contributed by atoms with Gasteiger partial charge in [-0.2, -0.15) is 26.3 Å². The van der Waals surface area contributed by atoms with Crippen LogP contribution >= 0.6 is 0 Å². The Kier molecular flexibility index (Phi) is 4.26. The van der Waals surface area contributed by atoms with E-state index in [0.29, 0.717) is 0 Å². The molecule has 0 bridgehead atoms. The van der Waals surface area contributed by atoms with E-state index in [2.05, 4.69) is 0 Å². The molecule has 1 unspecified atom stereocenters. The number of rotatable bonds is 3. The molecule has 0 saturated heterocycles. The molecule has 1 nitrogen and oxygen atoms in total. The molecule has 1 rings (SSSR count). The smallest absolute Gasteiger partial charge is 0.324 e. The van der Waals surface area contributed by atoms with E-state index in [4.69, 9.17) is 5.73 Å². The molecule has 0 radical (unpaired) electrons. The van der Waals surface area contributed by atoms with Crippen LogP contribution in [0, 0.1) is 0 Å². The van der Waals surface area contributed by atoms with E-state index in [1.807, 2.05) is 0 Å². The first-order chi connectivity index (χ1) is 8.09. The monoisotopic (exact) mass is 271 g/mol. The molecular weight excluding hydrogens is 260 g/mol. The molecule has 1 atom stereocenters. The van der Waals surface area contributed by atoms with Crippen LogP contribution < -0.4 is 5.73 Å². The van der Waals surface area contributed by atoms with Gasteiger partial charge in [-0.05, 0) is 24.1 Å². The average molecular weight is 271 g/mol. The van der Waals surface area contributed by atoms with Crippen LogP contribution in [0.25, 0.3) is 0 Å². The molecule has 0 aliphatic rings. The summed E-state index contributed by atoms with van der Waals surface area (Å²) < 4.78 is 72.6. The predicted octanol–water partition coefficient (Wildman–Crippen LogP) is 4.05. The number of hydrogen-bond acceptors (Lipinski definition) is 1. The maximum absolute atomic E-state index is 12.2. The highest BCUT2D eigenvalue weighted by Crippen LogP contribution is 2.31. The van der Waals surface area contributed by atoms with E-state index in [0.717, 1.165) is 24.3 Å². The second kappa shape index (κ2) is 5.17. The van der Waals surface area contributed by atoms with E-state index in [1.165, 1.54) is 0 Å².